The number of benzene rings is 1. The molecule has 2 heteroatoms. The molecule has 0 heterocycles. The van der Waals surface area contributed by atoms with Gasteiger partial charge in [-0.15, -0.1) is 0 Å². The average Bonchev–Trinajstić information content (AvgIpc) is 3.00. The van der Waals surface area contributed by atoms with Gasteiger partial charge in [-0.1, -0.05) is 37.8 Å². The van der Waals surface area contributed by atoms with Crippen LogP contribution in [-0.2, 0) is 4.74 Å². The zero-order valence-electron chi connectivity index (χ0n) is 16.3. The molecule has 140 valence electrons. The minimum Gasteiger partial charge on any atom is -0.490 e. The molecule has 25 heavy (non-hydrogen) atoms. The molecule has 0 saturated heterocycles. The van der Waals surface area contributed by atoms with Gasteiger partial charge in [-0.2, -0.15) is 0 Å². The highest BCUT2D eigenvalue weighted by Gasteiger charge is 2.22. The first-order valence-corrected chi connectivity index (χ1v) is 10.6. The summed E-state index contributed by atoms with van der Waals surface area (Å²) in [7, 11) is 0. The van der Waals surface area contributed by atoms with Crippen LogP contribution in [0.2, 0.25) is 0 Å². The van der Waals surface area contributed by atoms with Crippen molar-refractivity contribution in [1.29, 1.82) is 0 Å². The SMILES string of the molecule is Cc1cccc(OC2CCCC(COC3CCCCCC3)CC2)c1C. The van der Waals surface area contributed by atoms with Crippen molar-refractivity contribution < 1.29 is 9.47 Å². The molecule has 0 aromatic heterocycles. The molecule has 2 aliphatic carbocycles. The Morgan fingerprint density at radius 3 is 2.36 bits per heavy atom. The van der Waals surface area contributed by atoms with Crippen LogP contribution >= 0.6 is 0 Å². The van der Waals surface area contributed by atoms with Gasteiger partial charge >= 0.3 is 0 Å². The van der Waals surface area contributed by atoms with Crippen molar-refractivity contribution in [3.05, 3.63) is 29.3 Å². The van der Waals surface area contributed by atoms with Gasteiger partial charge in [0.25, 0.3) is 0 Å². The Bertz CT molecular complexity index is 517. The third-order valence-corrected chi connectivity index (χ3v) is 6.25. The van der Waals surface area contributed by atoms with Crippen LogP contribution in [0.3, 0.4) is 0 Å². The Kier molecular flexibility index (Phi) is 7.22. The monoisotopic (exact) mass is 344 g/mol. The third-order valence-electron chi connectivity index (χ3n) is 6.25. The summed E-state index contributed by atoms with van der Waals surface area (Å²) in [4.78, 5) is 0. The fourth-order valence-corrected chi connectivity index (χ4v) is 4.34. The van der Waals surface area contributed by atoms with Crippen LogP contribution in [0, 0.1) is 19.8 Å². The Morgan fingerprint density at radius 1 is 0.800 bits per heavy atom. The Morgan fingerprint density at radius 2 is 1.56 bits per heavy atom. The van der Waals surface area contributed by atoms with Crippen molar-refractivity contribution in [2.75, 3.05) is 6.61 Å². The van der Waals surface area contributed by atoms with Gasteiger partial charge in [-0.3, -0.25) is 0 Å². The van der Waals surface area contributed by atoms with E-state index in [0.29, 0.717) is 12.2 Å². The van der Waals surface area contributed by atoms with E-state index >= 15 is 0 Å². The first kappa shape index (κ1) is 18.8. The molecule has 1 aromatic carbocycles. The maximum Gasteiger partial charge on any atom is 0.122 e. The second kappa shape index (κ2) is 9.62. The molecule has 0 spiro atoms. The maximum absolute atomic E-state index is 6.37. The fourth-order valence-electron chi connectivity index (χ4n) is 4.34. The number of rotatable bonds is 5. The number of ether oxygens (including phenoxy) is 2. The van der Waals surface area contributed by atoms with E-state index in [0.717, 1.165) is 18.3 Å². The second-order valence-corrected chi connectivity index (χ2v) is 8.26. The first-order chi connectivity index (χ1) is 12.2. The second-order valence-electron chi connectivity index (χ2n) is 8.26. The summed E-state index contributed by atoms with van der Waals surface area (Å²) in [5.41, 5.74) is 2.61. The van der Waals surface area contributed by atoms with E-state index in [2.05, 4.69) is 32.0 Å². The van der Waals surface area contributed by atoms with Gasteiger partial charge in [0.1, 0.15) is 5.75 Å². The van der Waals surface area contributed by atoms with E-state index in [-0.39, 0.29) is 0 Å². The molecule has 0 amide bonds. The largest absolute Gasteiger partial charge is 0.490 e. The Balaban J connectivity index is 1.44. The van der Waals surface area contributed by atoms with E-state index in [1.165, 1.54) is 81.8 Å². The van der Waals surface area contributed by atoms with Crippen LogP contribution in [0.15, 0.2) is 18.2 Å². The lowest BCUT2D eigenvalue weighted by molar-refractivity contribution is 0.0168. The topological polar surface area (TPSA) is 18.5 Å². The van der Waals surface area contributed by atoms with E-state index in [4.69, 9.17) is 9.47 Å². The minimum absolute atomic E-state index is 0.378. The molecule has 3 rings (SSSR count). The summed E-state index contributed by atoms with van der Waals surface area (Å²) < 4.78 is 12.7. The van der Waals surface area contributed by atoms with E-state index in [1.807, 2.05) is 0 Å². The predicted molar refractivity (Wildman–Crippen MR) is 104 cm³/mol. The molecule has 0 radical (unpaired) electrons. The van der Waals surface area contributed by atoms with Gasteiger partial charge in [-0.25, -0.2) is 0 Å². The molecule has 0 bridgehead atoms. The van der Waals surface area contributed by atoms with Crippen LogP contribution in [0.5, 0.6) is 5.75 Å². The van der Waals surface area contributed by atoms with Crippen molar-refractivity contribution in [1.82, 2.24) is 0 Å². The Hall–Kier alpha value is -1.02. The summed E-state index contributed by atoms with van der Waals surface area (Å²) in [6.07, 6.45) is 15.2. The molecule has 0 aliphatic heterocycles. The van der Waals surface area contributed by atoms with Crippen LogP contribution in [-0.4, -0.2) is 18.8 Å². The number of hydrogen-bond donors (Lipinski definition) is 0. The lowest BCUT2D eigenvalue weighted by Crippen LogP contribution is -2.19. The third kappa shape index (κ3) is 5.74. The lowest BCUT2D eigenvalue weighted by atomic mass is 10.0. The van der Waals surface area contributed by atoms with E-state index < -0.39 is 0 Å². The lowest BCUT2D eigenvalue weighted by Gasteiger charge is -2.21. The summed E-state index contributed by atoms with van der Waals surface area (Å²) in [5, 5.41) is 0. The quantitative estimate of drug-likeness (QED) is 0.578. The average molecular weight is 345 g/mol. The highest BCUT2D eigenvalue weighted by molar-refractivity contribution is 5.38. The Labute approximate surface area is 154 Å². The standard InChI is InChI=1S/C23H36O2/c1-18-9-7-14-23(19(18)2)25-22-13-8-10-20(15-16-22)17-24-21-11-5-3-4-6-12-21/h7,9,14,20-22H,3-6,8,10-13,15-17H2,1-2H3. The van der Waals surface area contributed by atoms with Gasteiger partial charge in [0.05, 0.1) is 12.2 Å². The van der Waals surface area contributed by atoms with Gasteiger partial charge in [0.15, 0.2) is 0 Å². The first-order valence-electron chi connectivity index (χ1n) is 10.6. The predicted octanol–water partition coefficient (Wildman–Crippen LogP) is 6.37. The molecule has 1 aromatic rings. The van der Waals surface area contributed by atoms with E-state index in [1.54, 1.807) is 0 Å². The van der Waals surface area contributed by atoms with Crippen molar-refractivity contribution in [2.45, 2.75) is 96.7 Å². The molecule has 2 saturated carbocycles. The van der Waals surface area contributed by atoms with Crippen molar-refractivity contribution >= 4 is 0 Å². The molecule has 2 nitrogen and oxygen atoms in total. The molecular formula is C23H36O2. The maximum atomic E-state index is 6.37. The summed E-state index contributed by atoms with van der Waals surface area (Å²) >= 11 is 0. The molecule has 2 fully saturated rings. The normalized spacial score (nSPS) is 26.0. The minimum atomic E-state index is 0.378. The van der Waals surface area contributed by atoms with Crippen LogP contribution in [0.1, 0.15) is 81.8 Å². The van der Waals surface area contributed by atoms with Crippen LogP contribution < -0.4 is 4.74 Å². The number of aryl methyl sites for hydroxylation is 1. The molecular weight excluding hydrogens is 308 g/mol. The van der Waals surface area contributed by atoms with Crippen LogP contribution in [0.25, 0.3) is 0 Å². The van der Waals surface area contributed by atoms with Crippen molar-refractivity contribution in [3.63, 3.8) is 0 Å². The van der Waals surface area contributed by atoms with Gasteiger partial charge in [0, 0.05) is 6.61 Å². The molecule has 2 atom stereocenters. The van der Waals surface area contributed by atoms with Crippen molar-refractivity contribution in [3.8, 4) is 5.75 Å². The van der Waals surface area contributed by atoms with Gasteiger partial charge in [-0.05, 0) is 81.9 Å². The van der Waals surface area contributed by atoms with Crippen LogP contribution in [0.4, 0.5) is 0 Å². The summed E-state index contributed by atoms with van der Waals surface area (Å²) in [6.45, 7) is 5.31. The van der Waals surface area contributed by atoms with E-state index in [9.17, 15) is 0 Å². The molecule has 0 N–H and O–H groups in total. The number of hydrogen-bond acceptors (Lipinski definition) is 2. The van der Waals surface area contributed by atoms with Gasteiger partial charge in [0.2, 0.25) is 0 Å². The smallest absolute Gasteiger partial charge is 0.122 e. The zero-order chi connectivity index (χ0) is 17.5. The molecule has 2 aliphatic rings. The fraction of sp³-hybridized carbons (Fsp3) is 0.739. The summed E-state index contributed by atoms with van der Waals surface area (Å²) in [6, 6.07) is 6.40. The summed E-state index contributed by atoms with van der Waals surface area (Å²) in [5.74, 6) is 1.81. The zero-order valence-corrected chi connectivity index (χ0v) is 16.3. The van der Waals surface area contributed by atoms with Crippen molar-refractivity contribution in [2.24, 2.45) is 5.92 Å². The van der Waals surface area contributed by atoms with Gasteiger partial charge < -0.3 is 9.47 Å². The highest BCUT2D eigenvalue weighted by atomic mass is 16.5. The molecule has 2 unspecified atom stereocenters. The highest BCUT2D eigenvalue weighted by Crippen LogP contribution is 2.30.